The van der Waals surface area contributed by atoms with Crippen molar-refractivity contribution in [3.63, 3.8) is 0 Å². The standard InChI is InChI=1S/C16H24N2O3/c1-19-13-8-11-9-17-10-12(18-6-4-5-7-18)14(11)16(21-3)15(13)20-2/h8,12,17H,4-7,9-10H2,1-3H3/t12-/m0/s1. The Labute approximate surface area is 126 Å². The van der Waals surface area contributed by atoms with Crippen LogP contribution in [0.2, 0.25) is 0 Å². The fourth-order valence-corrected chi connectivity index (χ4v) is 3.55. The van der Waals surface area contributed by atoms with Crippen LogP contribution in [-0.4, -0.2) is 45.9 Å². The molecule has 0 saturated carbocycles. The van der Waals surface area contributed by atoms with Crippen LogP contribution in [0.4, 0.5) is 0 Å². The molecule has 2 aliphatic heterocycles. The first-order valence-electron chi connectivity index (χ1n) is 7.56. The number of nitrogens with zero attached hydrogens (tertiary/aromatic N) is 1. The van der Waals surface area contributed by atoms with Crippen molar-refractivity contribution in [2.24, 2.45) is 0 Å². The molecule has 0 bridgehead atoms. The largest absolute Gasteiger partial charge is 0.493 e. The summed E-state index contributed by atoms with van der Waals surface area (Å²) < 4.78 is 16.7. The predicted molar refractivity (Wildman–Crippen MR) is 81.4 cm³/mol. The highest BCUT2D eigenvalue weighted by Crippen LogP contribution is 2.47. The highest BCUT2D eigenvalue weighted by molar-refractivity contribution is 5.60. The summed E-state index contributed by atoms with van der Waals surface area (Å²) in [7, 11) is 5.04. The van der Waals surface area contributed by atoms with Crippen LogP contribution in [0.15, 0.2) is 6.07 Å². The minimum Gasteiger partial charge on any atom is -0.493 e. The summed E-state index contributed by atoms with van der Waals surface area (Å²) in [6, 6.07) is 2.43. The minimum atomic E-state index is 0.353. The molecule has 0 spiro atoms. The second kappa shape index (κ2) is 6.12. The first-order valence-corrected chi connectivity index (χ1v) is 7.56. The Morgan fingerprint density at radius 1 is 1.05 bits per heavy atom. The highest BCUT2D eigenvalue weighted by Gasteiger charge is 2.33. The molecule has 0 unspecified atom stereocenters. The zero-order valence-electron chi connectivity index (χ0n) is 13.1. The van der Waals surface area contributed by atoms with E-state index in [1.807, 2.05) is 0 Å². The van der Waals surface area contributed by atoms with Crippen molar-refractivity contribution in [2.75, 3.05) is 41.0 Å². The lowest BCUT2D eigenvalue weighted by Gasteiger charge is -2.35. The SMILES string of the molecule is COc1cc2c(c(OC)c1OC)[C@@H](N1CCCC1)CNC2. The molecule has 2 heterocycles. The van der Waals surface area contributed by atoms with E-state index in [0.29, 0.717) is 11.8 Å². The molecule has 1 aromatic carbocycles. The van der Waals surface area contributed by atoms with E-state index in [1.54, 1.807) is 21.3 Å². The van der Waals surface area contributed by atoms with E-state index in [1.165, 1.54) is 24.0 Å². The second-order valence-corrected chi connectivity index (χ2v) is 5.61. The summed E-state index contributed by atoms with van der Waals surface area (Å²) in [6.07, 6.45) is 2.56. The van der Waals surface area contributed by atoms with E-state index < -0.39 is 0 Å². The number of hydrogen-bond donors (Lipinski definition) is 1. The van der Waals surface area contributed by atoms with E-state index in [2.05, 4.69) is 16.3 Å². The van der Waals surface area contributed by atoms with Crippen LogP contribution >= 0.6 is 0 Å². The second-order valence-electron chi connectivity index (χ2n) is 5.61. The van der Waals surface area contributed by atoms with Crippen LogP contribution in [0.5, 0.6) is 17.2 Å². The molecule has 0 aliphatic carbocycles. The molecule has 116 valence electrons. The van der Waals surface area contributed by atoms with Gasteiger partial charge in [0.2, 0.25) is 5.75 Å². The third kappa shape index (κ3) is 2.45. The maximum atomic E-state index is 5.71. The number of likely N-dealkylation sites (tertiary alicyclic amines) is 1. The van der Waals surface area contributed by atoms with Crippen LogP contribution in [0, 0.1) is 0 Å². The van der Waals surface area contributed by atoms with Crippen molar-refractivity contribution in [3.05, 3.63) is 17.2 Å². The number of benzene rings is 1. The topological polar surface area (TPSA) is 43.0 Å². The summed E-state index contributed by atoms with van der Waals surface area (Å²) in [4.78, 5) is 2.54. The average Bonchev–Trinajstić information content (AvgIpc) is 3.06. The molecule has 0 amide bonds. The fraction of sp³-hybridized carbons (Fsp3) is 0.625. The zero-order valence-corrected chi connectivity index (χ0v) is 13.1. The minimum absolute atomic E-state index is 0.353. The third-order valence-electron chi connectivity index (χ3n) is 4.52. The van der Waals surface area contributed by atoms with E-state index in [4.69, 9.17) is 14.2 Å². The molecule has 0 aromatic heterocycles. The number of methoxy groups -OCH3 is 3. The molecule has 0 radical (unpaired) electrons. The molecule has 21 heavy (non-hydrogen) atoms. The van der Waals surface area contributed by atoms with Crippen LogP contribution in [0.25, 0.3) is 0 Å². The number of ether oxygens (including phenoxy) is 3. The Hall–Kier alpha value is -1.46. The Kier molecular flexibility index (Phi) is 4.22. The molecule has 1 aromatic rings. The smallest absolute Gasteiger partial charge is 0.203 e. The monoisotopic (exact) mass is 292 g/mol. The molecule has 2 aliphatic rings. The van der Waals surface area contributed by atoms with Crippen molar-refractivity contribution in [1.82, 2.24) is 10.2 Å². The molecular weight excluding hydrogens is 268 g/mol. The van der Waals surface area contributed by atoms with Gasteiger partial charge < -0.3 is 19.5 Å². The van der Waals surface area contributed by atoms with Gasteiger partial charge in [-0.25, -0.2) is 0 Å². The molecule has 3 rings (SSSR count). The zero-order chi connectivity index (χ0) is 14.8. The molecule has 5 nitrogen and oxygen atoms in total. The van der Waals surface area contributed by atoms with E-state index in [0.717, 1.165) is 37.7 Å². The summed E-state index contributed by atoms with van der Waals surface area (Å²) in [5.41, 5.74) is 2.50. The number of nitrogens with one attached hydrogen (secondary N) is 1. The molecular formula is C16H24N2O3. The molecule has 1 fully saturated rings. The first-order chi connectivity index (χ1) is 10.3. The molecule has 5 heteroatoms. The van der Waals surface area contributed by atoms with Crippen LogP contribution in [0.3, 0.4) is 0 Å². The summed E-state index contributed by atoms with van der Waals surface area (Å²) in [5, 5.41) is 3.51. The number of fused-ring (bicyclic) bond motifs is 1. The first kappa shape index (κ1) is 14.5. The van der Waals surface area contributed by atoms with Crippen LogP contribution in [-0.2, 0) is 6.54 Å². The van der Waals surface area contributed by atoms with Gasteiger partial charge in [-0.1, -0.05) is 0 Å². The summed E-state index contributed by atoms with van der Waals surface area (Å²) in [6.45, 7) is 4.11. The van der Waals surface area contributed by atoms with Crippen molar-refractivity contribution in [3.8, 4) is 17.2 Å². The van der Waals surface area contributed by atoms with Gasteiger partial charge in [-0.3, -0.25) is 4.90 Å². The highest BCUT2D eigenvalue weighted by atomic mass is 16.5. The maximum Gasteiger partial charge on any atom is 0.203 e. The van der Waals surface area contributed by atoms with Gasteiger partial charge in [0, 0.05) is 18.7 Å². The third-order valence-corrected chi connectivity index (χ3v) is 4.52. The lowest BCUT2D eigenvalue weighted by atomic mass is 9.93. The lowest BCUT2D eigenvalue weighted by molar-refractivity contribution is 0.219. The van der Waals surface area contributed by atoms with Gasteiger partial charge in [0.05, 0.1) is 27.4 Å². The number of hydrogen-bond acceptors (Lipinski definition) is 5. The summed E-state index contributed by atoms with van der Waals surface area (Å²) >= 11 is 0. The van der Waals surface area contributed by atoms with E-state index in [9.17, 15) is 0 Å². The Balaban J connectivity index is 2.11. The van der Waals surface area contributed by atoms with Crippen molar-refractivity contribution in [2.45, 2.75) is 25.4 Å². The van der Waals surface area contributed by atoms with Gasteiger partial charge in [0.25, 0.3) is 0 Å². The molecule has 1 saturated heterocycles. The van der Waals surface area contributed by atoms with Crippen molar-refractivity contribution < 1.29 is 14.2 Å². The molecule has 1 atom stereocenters. The van der Waals surface area contributed by atoms with Gasteiger partial charge in [0.1, 0.15) is 0 Å². The van der Waals surface area contributed by atoms with Gasteiger partial charge in [-0.2, -0.15) is 0 Å². The van der Waals surface area contributed by atoms with Crippen molar-refractivity contribution in [1.29, 1.82) is 0 Å². The lowest BCUT2D eigenvalue weighted by Crippen LogP contribution is -2.38. The molecule has 1 N–H and O–H groups in total. The van der Waals surface area contributed by atoms with Gasteiger partial charge >= 0.3 is 0 Å². The Bertz CT molecular complexity index is 513. The van der Waals surface area contributed by atoms with Gasteiger partial charge in [-0.15, -0.1) is 0 Å². The van der Waals surface area contributed by atoms with Crippen LogP contribution < -0.4 is 19.5 Å². The average molecular weight is 292 g/mol. The Morgan fingerprint density at radius 2 is 1.76 bits per heavy atom. The van der Waals surface area contributed by atoms with Gasteiger partial charge in [-0.05, 0) is 37.6 Å². The maximum absolute atomic E-state index is 5.71. The Morgan fingerprint density at radius 3 is 2.38 bits per heavy atom. The van der Waals surface area contributed by atoms with E-state index >= 15 is 0 Å². The fourth-order valence-electron chi connectivity index (χ4n) is 3.55. The normalized spacial score (nSPS) is 22.0. The van der Waals surface area contributed by atoms with Crippen LogP contribution in [0.1, 0.15) is 30.0 Å². The van der Waals surface area contributed by atoms with Gasteiger partial charge in [0.15, 0.2) is 11.5 Å². The quantitative estimate of drug-likeness (QED) is 0.919. The summed E-state index contributed by atoms with van der Waals surface area (Å²) in [5.74, 6) is 2.26. The van der Waals surface area contributed by atoms with E-state index in [-0.39, 0.29) is 0 Å². The van der Waals surface area contributed by atoms with Crippen molar-refractivity contribution >= 4 is 0 Å². The number of rotatable bonds is 4. The predicted octanol–water partition coefficient (Wildman–Crippen LogP) is 1.95.